The maximum absolute atomic E-state index is 11.4. The van der Waals surface area contributed by atoms with Crippen LogP contribution < -0.4 is 5.76 Å². The third-order valence-electron chi connectivity index (χ3n) is 2.70. The van der Waals surface area contributed by atoms with Gasteiger partial charge < -0.3 is 14.4 Å². The summed E-state index contributed by atoms with van der Waals surface area (Å²) < 4.78 is 7.16. The van der Waals surface area contributed by atoms with Crippen LogP contribution in [0.4, 0.5) is 0 Å². The molecule has 0 atom stereocenters. The number of rotatable bonds is 1. The molecule has 2 N–H and O–H groups in total. The molecular weight excluding hydrogens is 238 g/mol. The van der Waals surface area contributed by atoms with Gasteiger partial charge in [0.15, 0.2) is 10.4 Å². The van der Waals surface area contributed by atoms with Crippen LogP contribution in [-0.4, -0.2) is 14.5 Å². The summed E-state index contributed by atoms with van der Waals surface area (Å²) in [5.74, 6) is -0.362. The van der Waals surface area contributed by atoms with E-state index in [0.29, 0.717) is 10.4 Å². The largest absolute Gasteiger partial charge is 0.419 e. The lowest BCUT2D eigenvalue weighted by molar-refractivity contribution is 0.528. The highest BCUT2D eigenvalue weighted by Crippen LogP contribution is 2.21. The van der Waals surface area contributed by atoms with Gasteiger partial charge in [0.1, 0.15) is 0 Å². The fourth-order valence-electron chi connectivity index (χ4n) is 1.79. The van der Waals surface area contributed by atoms with Crippen LogP contribution >= 0.6 is 12.2 Å². The normalized spacial score (nSPS) is 11.1. The van der Waals surface area contributed by atoms with Crippen molar-refractivity contribution in [1.82, 2.24) is 14.5 Å². The summed E-state index contributed by atoms with van der Waals surface area (Å²) in [7, 11) is 1.68. The second-order valence-corrected chi connectivity index (χ2v) is 4.17. The Hall–Kier alpha value is -2.08. The van der Waals surface area contributed by atoms with E-state index in [0.717, 1.165) is 16.8 Å². The predicted molar refractivity (Wildman–Crippen MR) is 66.4 cm³/mol. The number of nitrogens with one attached hydrogen (secondary N) is 2. The van der Waals surface area contributed by atoms with Gasteiger partial charge in [-0.05, 0) is 24.4 Å². The van der Waals surface area contributed by atoms with Crippen LogP contribution in [0.5, 0.6) is 0 Å². The van der Waals surface area contributed by atoms with Crippen LogP contribution in [0.2, 0.25) is 0 Å². The number of aryl methyl sites for hydroxylation is 1. The summed E-state index contributed by atoms with van der Waals surface area (Å²) in [6.45, 7) is 0. The standard InChI is InChI=1S/C11H9N3O2S/c1-14-8-3-2-6(4-9(8)16-11(14)15)7-5-12-10(17)13-7/h2-5H,1H3,(H2,12,13,17). The summed E-state index contributed by atoms with van der Waals surface area (Å²) >= 11 is 4.96. The van der Waals surface area contributed by atoms with Crippen molar-refractivity contribution < 1.29 is 4.42 Å². The number of H-pyrrole nitrogens is 2. The SMILES string of the molecule is Cn1c(=O)oc2cc(-c3c[nH]c(=S)[nH]3)ccc21. The van der Waals surface area contributed by atoms with Crippen LogP contribution in [0.15, 0.2) is 33.6 Å². The number of hydrogen-bond acceptors (Lipinski definition) is 3. The van der Waals surface area contributed by atoms with Gasteiger partial charge in [-0.1, -0.05) is 6.07 Å². The van der Waals surface area contributed by atoms with E-state index in [1.165, 1.54) is 4.57 Å². The maximum Gasteiger partial charge on any atom is 0.419 e. The molecule has 0 amide bonds. The van der Waals surface area contributed by atoms with Crippen molar-refractivity contribution in [3.8, 4) is 11.3 Å². The van der Waals surface area contributed by atoms with E-state index in [1.54, 1.807) is 13.2 Å². The maximum atomic E-state index is 11.4. The summed E-state index contributed by atoms with van der Waals surface area (Å²) in [6, 6.07) is 5.57. The van der Waals surface area contributed by atoms with E-state index in [-0.39, 0.29) is 5.76 Å². The lowest BCUT2D eigenvalue weighted by Gasteiger charge is -1.97. The highest BCUT2D eigenvalue weighted by atomic mass is 32.1. The Bertz CT molecular complexity index is 806. The first-order valence-electron chi connectivity index (χ1n) is 5.03. The number of imidazole rings is 1. The summed E-state index contributed by atoms with van der Waals surface area (Å²) in [4.78, 5) is 17.3. The first-order chi connectivity index (χ1) is 8.15. The van der Waals surface area contributed by atoms with E-state index in [1.807, 2.05) is 18.2 Å². The second kappa shape index (κ2) is 3.46. The number of nitrogens with zero attached hydrogens (tertiary/aromatic N) is 1. The van der Waals surface area contributed by atoms with E-state index in [9.17, 15) is 4.79 Å². The van der Waals surface area contributed by atoms with Crippen LogP contribution in [0.25, 0.3) is 22.4 Å². The van der Waals surface area contributed by atoms with Gasteiger partial charge in [-0.3, -0.25) is 4.57 Å². The molecule has 0 spiro atoms. The molecule has 5 nitrogen and oxygen atoms in total. The minimum atomic E-state index is -0.362. The van der Waals surface area contributed by atoms with E-state index < -0.39 is 0 Å². The van der Waals surface area contributed by atoms with Crippen molar-refractivity contribution in [2.24, 2.45) is 7.05 Å². The fourth-order valence-corrected chi connectivity index (χ4v) is 1.96. The number of oxazole rings is 1. The molecule has 2 heterocycles. The summed E-state index contributed by atoms with van der Waals surface area (Å²) in [5, 5.41) is 0. The Morgan fingerprint density at radius 3 is 2.94 bits per heavy atom. The molecule has 17 heavy (non-hydrogen) atoms. The molecule has 2 aromatic heterocycles. The zero-order chi connectivity index (χ0) is 12.0. The minimum absolute atomic E-state index is 0.362. The molecule has 6 heteroatoms. The highest BCUT2D eigenvalue weighted by Gasteiger charge is 2.07. The van der Waals surface area contributed by atoms with E-state index >= 15 is 0 Å². The Balaban J connectivity index is 2.27. The lowest BCUT2D eigenvalue weighted by Crippen LogP contribution is -2.08. The molecule has 0 aliphatic rings. The topological polar surface area (TPSA) is 66.7 Å². The van der Waals surface area contributed by atoms with Crippen LogP contribution in [0.1, 0.15) is 0 Å². The second-order valence-electron chi connectivity index (χ2n) is 3.77. The zero-order valence-corrected chi connectivity index (χ0v) is 9.80. The van der Waals surface area contributed by atoms with Gasteiger partial charge in [0, 0.05) is 18.8 Å². The smallest absolute Gasteiger partial charge is 0.408 e. The van der Waals surface area contributed by atoms with Crippen molar-refractivity contribution in [1.29, 1.82) is 0 Å². The van der Waals surface area contributed by atoms with E-state index in [2.05, 4.69) is 9.97 Å². The summed E-state index contributed by atoms with van der Waals surface area (Å²) in [6.07, 6.45) is 1.78. The number of fused-ring (bicyclic) bond motifs is 1. The number of aromatic nitrogens is 3. The number of hydrogen-bond donors (Lipinski definition) is 2. The highest BCUT2D eigenvalue weighted by molar-refractivity contribution is 7.71. The Morgan fingerprint density at radius 1 is 1.41 bits per heavy atom. The molecule has 0 unspecified atom stereocenters. The molecule has 3 rings (SSSR count). The van der Waals surface area contributed by atoms with Gasteiger partial charge in [-0.15, -0.1) is 0 Å². The molecule has 0 radical (unpaired) electrons. The van der Waals surface area contributed by atoms with Gasteiger partial charge in [-0.2, -0.15) is 0 Å². The van der Waals surface area contributed by atoms with Crippen molar-refractivity contribution >= 4 is 23.3 Å². The van der Waals surface area contributed by atoms with Crippen molar-refractivity contribution in [2.45, 2.75) is 0 Å². The molecule has 0 aliphatic carbocycles. The Kier molecular flexibility index (Phi) is 2.05. The molecule has 0 saturated carbocycles. The number of benzene rings is 1. The van der Waals surface area contributed by atoms with Gasteiger partial charge >= 0.3 is 5.76 Å². The average molecular weight is 247 g/mol. The van der Waals surface area contributed by atoms with Crippen molar-refractivity contribution in [2.75, 3.05) is 0 Å². The molecule has 3 aromatic rings. The molecule has 86 valence electrons. The molecule has 0 saturated heterocycles. The monoisotopic (exact) mass is 247 g/mol. The quantitative estimate of drug-likeness (QED) is 0.648. The molecule has 0 bridgehead atoms. The fraction of sp³-hybridized carbons (Fsp3) is 0.0909. The van der Waals surface area contributed by atoms with Gasteiger partial charge in [0.2, 0.25) is 0 Å². The first kappa shape index (κ1) is 10.1. The first-order valence-corrected chi connectivity index (χ1v) is 5.43. The number of aromatic amines is 2. The van der Waals surface area contributed by atoms with Crippen LogP contribution in [0.3, 0.4) is 0 Å². The average Bonchev–Trinajstić information content (AvgIpc) is 2.85. The third-order valence-corrected chi connectivity index (χ3v) is 2.92. The van der Waals surface area contributed by atoms with Crippen LogP contribution in [0, 0.1) is 4.77 Å². The summed E-state index contributed by atoms with van der Waals surface area (Å²) in [5.41, 5.74) is 3.12. The molecule has 0 aliphatic heterocycles. The van der Waals surface area contributed by atoms with Gasteiger partial charge in [0.25, 0.3) is 0 Å². The zero-order valence-electron chi connectivity index (χ0n) is 8.98. The van der Waals surface area contributed by atoms with Crippen molar-refractivity contribution in [3.05, 3.63) is 39.7 Å². The minimum Gasteiger partial charge on any atom is -0.408 e. The molecule has 0 fully saturated rings. The lowest BCUT2D eigenvalue weighted by atomic mass is 10.1. The van der Waals surface area contributed by atoms with E-state index in [4.69, 9.17) is 16.6 Å². The third kappa shape index (κ3) is 1.53. The molecular formula is C11H9N3O2S. The van der Waals surface area contributed by atoms with Gasteiger partial charge in [-0.25, -0.2) is 4.79 Å². The molecule has 1 aromatic carbocycles. The van der Waals surface area contributed by atoms with Gasteiger partial charge in [0.05, 0.1) is 11.2 Å². The van der Waals surface area contributed by atoms with Crippen molar-refractivity contribution in [3.63, 3.8) is 0 Å². The van der Waals surface area contributed by atoms with Crippen LogP contribution in [-0.2, 0) is 7.05 Å². The predicted octanol–water partition coefficient (Wildman–Crippen LogP) is 2.18. The Labute approximate surface area is 101 Å². The Morgan fingerprint density at radius 2 is 2.24 bits per heavy atom.